The average molecular weight is 343 g/mol. The molecule has 2 rings (SSSR count). The molecule has 5 heteroatoms. The molecule has 1 saturated heterocycles. The summed E-state index contributed by atoms with van der Waals surface area (Å²) in [5, 5.41) is 2.08. The van der Waals surface area contributed by atoms with Crippen molar-refractivity contribution in [2.75, 3.05) is 33.3 Å². The summed E-state index contributed by atoms with van der Waals surface area (Å²) in [4.78, 5) is 21.1. The van der Waals surface area contributed by atoms with Gasteiger partial charge in [0.15, 0.2) is 0 Å². The van der Waals surface area contributed by atoms with Crippen molar-refractivity contribution in [2.45, 2.75) is 32.7 Å². The van der Waals surface area contributed by atoms with E-state index in [1.54, 1.807) is 0 Å². The summed E-state index contributed by atoms with van der Waals surface area (Å²) >= 11 is 0. The van der Waals surface area contributed by atoms with Crippen LogP contribution in [0.3, 0.4) is 0 Å². The Morgan fingerprint density at radius 3 is 2.84 bits per heavy atom. The molecule has 1 aromatic heterocycles. The molecule has 1 unspecified atom stereocenters. The van der Waals surface area contributed by atoms with E-state index in [4.69, 9.17) is 4.74 Å². The molecule has 25 heavy (non-hydrogen) atoms. The van der Waals surface area contributed by atoms with E-state index in [-0.39, 0.29) is 12.0 Å². The first kappa shape index (κ1) is 19.2. The van der Waals surface area contributed by atoms with Crippen molar-refractivity contribution in [1.82, 2.24) is 14.8 Å². The summed E-state index contributed by atoms with van der Waals surface area (Å²) < 4.78 is 4.96. The Morgan fingerprint density at radius 1 is 1.40 bits per heavy atom. The SMILES string of the molecule is C=C/C(=c1/nccc/c1=C/C)N1CCCN(C(CC)C(=O)OC)CC1. The molecule has 5 nitrogen and oxygen atoms in total. The van der Waals surface area contributed by atoms with Crippen LogP contribution < -0.4 is 10.6 Å². The van der Waals surface area contributed by atoms with E-state index < -0.39 is 0 Å². The Labute approximate surface area is 150 Å². The van der Waals surface area contributed by atoms with Gasteiger partial charge in [-0.2, -0.15) is 0 Å². The monoisotopic (exact) mass is 343 g/mol. The summed E-state index contributed by atoms with van der Waals surface area (Å²) in [7, 11) is 1.46. The molecule has 0 spiro atoms. The van der Waals surface area contributed by atoms with Gasteiger partial charge in [0.25, 0.3) is 0 Å². The molecule has 136 valence electrons. The smallest absolute Gasteiger partial charge is 0.323 e. The minimum Gasteiger partial charge on any atom is -0.468 e. The van der Waals surface area contributed by atoms with Crippen molar-refractivity contribution in [1.29, 1.82) is 0 Å². The van der Waals surface area contributed by atoms with Crippen molar-refractivity contribution in [2.24, 2.45) is 0 Å². The van der Waals surface area contributed by atoms with E-state index in [0.29, 0.717) is 0 Å². The number of aromatic nitrogens is 1. The van der Waals surface area contributed by atoms with Crippen LogP contribution in [0.2, 0.25) is 0 Å². The highest BCUT2D eigenvalue weighted by molar-refractivity contribution is 5.75. The second-order valence-electron chi connectivity index (χ2n) is 6.14. The zero-order valence-electron chi connectivity index (χ0n) is 15.6. The highest BCUT2D eigenvalue weighted by Crippen LogP contribution is 2.14. The zero-order valence-corrected chi connectivity index (χ0v) is 15.6. The first-order valence-electron chi connectivity index (χ1n) is 8.97. The van der Waals surface area contributed by atoms with Crippen LogP contribution in [0.5, 0.6) is 0 Å². The number of hydrogen-bond donors (Lipinski definition) is 0. The minimum atomic E-state index is -0.161. The Kier molecular flexibility index (Phi) is 7.19. The van der Waals surface area contributed by atoms with E-state index in [1.807, 2.05) is 32.2 Å². The molecule has 1 fully saturated rings. The largest absolute Gasteiger partial charge is 0.468 e. The van der Waals surface area contributed by atoms with Crippen LogP contribution >= 0.6 is 0 Å². The number of carbonyl (C=O) groups is 1. The predicted molar refractivity (Wildman–Crippen MR) is 101 cm³/mol. The third-order valence-electron chi connectivity index (χ3n) is 4.76. The molecule has 0 amide bonds. The van der Waals surface area contributed by atoms with Gasteiger partial charge in [0, 0.05) is 32.4 Å². The fourth-order valence-corrected chi connectivity index (χ4v) is 3.44. The van der Waals surface area contributed by atoms with Gasteiger partial charge in [0.1, 0.15) is 6.04 Å². The van der Waals surface area contributed by atoms with Gasteiger partial charge < -0.3 is 9.64 Å². The van der Waals surface area contributed by atoms with Gasteiger partial charge in [0.05, 0.1) is 18.2 Å². The van der Waals surface area contributed by atoms with E-state index in [2.05, 4.69) is 33.5 Å². The summed E-state index contributed by atoms with van der Waals surface area (Å²) in [6.07, 6.45) is 7.53. The van der Waals surface area contributed by atoms with Gasteiger partial charge in [-0.3, -0.25) is 14.7 Å². The second-order valence-corrected chi connectivity index (χ2v) is 6.14. The van der Waals surface area contributed by atoms with Crippen molar-refractivity contribution >= 4 is 17.7 Å². The first-order valence-corrected chi connectivity index (χ1v) is 8.97. The molecule has 0 aromatic carbocycles. The number of methoxy groups -OCH3 is 1. The Hall–Kier alpha value is -2.14. The van der Waals surface area contributed by atoms with Crippen molar-refractivity contribution < 1.29 is 9.53 Å². The molecule has 0 aliphatic carbocycles. The normalized spacial score (nSPS) is 19.2. The zero-order chi connectivity index (χ0) is 18.2. The fraction of sp³-hybridized carbons (Fsp3) is 0.500. The lowest BCUT2D eigenvalue weighted by molar-refractivity contribution is -0.147. The molecule has 0 N–H and O–H groups in total. The highest BCUT2D eigenvalue weighted by atomic mass is 16.5. The van der Waals surface area contributed by atoms with Crippen LogP contribution in [0, 0.1) is 0 Å². The molecule has 1 aromatic rings. The maximum Gasteiger partial charge on any atom is 0.323 e. The summed E-state index contributed by atoms with van der Waals surface area (Å²) in [5.41, 5.74) is 1.06. The standard InChI is InChI=1S/C20H29N3O2/c1-5-16-10-8-11-21-19(16)17(6-2)22-12-9-13-23(15-14-22)18(7-3)20(24)25-4/h5-6,8,10-11,18H,2,7,9,12-15H2,1,3-4H3/b16-5-,19-17-. The summed E-state index contributed by atoms with van der Waals surface area (Å²) in [5.74, 6) is -0.142. The third-order valence-corrected chi connectivity index (χ3v) is 4.76. The lowest BCUT2D eigenvalue weighted by Crippen LogP contribution is -2.43. The topological polar surface area (TPSA) is 45.7 Å². The number of hydrogen-bond acceptors (Lipinski definition) is 5. The van der Waals surface area contributed by atoms with Gasteiger partial charge >= 0.3 is 5.97 Å². The van der Waals surface area contributed by atoms with Crippen molar-refractivity contribution in [3.8, 4) is 0 Å². The Bertz CT molecular complexity index is 714. The van der Waals surface area contributed by atoms with Gasteiger partial charge in [-0.15, -0.1) is 0 Å². The van der Waals surface area contributed by atoms with E-state index in [0.717, 1.165) is 55.3 Å². The quantitative estimate of drug-likeness (QED) is 0.750. The fourth-order valence-electron chi connectivity index (χ4n) is 3.44. The summed E-state index contributed by atoms with van der Waals surface area (Å²) in [6.45, 7) is 11.5. The maximum absolute atomic E-state index is 12.0. The van der Waals surface area contributed by atoms with E-state index in [9.17, 15) is 4.79 Å². The molecule has 1 aliphatic rings. The van der Waals surface area contributed by atoms with Gasteiger partial charge in [0.2, 0.25) is 0 Å². The average Bonchev–Trinajstić information content (AvgIpc) is 2.89. The molecule has 1 atom stereocenters. The molecular weight excluding hydrogens is 314 g/mol. The van der Waals surface area contributed by atoms with Crippen LogP contribution in [-0.2, 0) is 9.53 Å². The van der Waals surface area contributed by atoms with Crippen LogP contribution in [0.1, 0.15) is 26.7 Å². The van der Waals surface area contributed by atoms with Gasteiger partial charge in [-0.1, -0.05) is 25.6 Å². The molecule has 0 radical (unpaired) electrons. The van der Waals surface area contributed by atoms with Crippen molar-refractivity contribution in [3.05, 3.63) is 41.6 Å². The number of rotatable bonds is 5. The molecule has 0 saturated carbocycles. The van der Waals surface area contributed by atoms with E-state index >= 15 is 0 Å². The van der Waals surface area contributed by atoms with Crippen LogP contribution in [-0.4, -0.2) is 60.1 Å². The number of carbonyl (C=O) groups excluding carboxylic acids is 1. The Morgan fingerprint density at radius 2 is 2.20 bits per heavy atom. The van der Waals surface area contributed by atoms with Gasteiger partial charge in [-0.25, -0.2) is 0 Å². The van der Waals surface area contributed by atoms with Crippen LogP contribution in [0.15, 0.2) is 31.0 Å². The molecular formula is C20H29N3O2. The predicted octanol–water partition coefficient (Wildman–Crippen LogP) is 1.14. The number of esters is 1. The number of nitrogens with zero attached hydrogens (tertiary/aromatic N) is 3. The van der Waals surface area contributed by atoms with Crippen LogP contribution in [0.25, 0.3) is 11.8 Å². The Balaban J connectivity index is 2.28. The number of pyridine rings is 1. The molecule has 2 heterocycles. The lowest BCUT2D eigenvalue weighted by Gasteiger charge is -2.28. The number of ether oxygens (including phenoxy) is 1. The first-order chi connectivity index (χ1) is 12.2. The lowest BCUT2D eigenvalue weighted by atomic mass is 10.2. The summed E-state index contributed by atoms with van der Waals surface area (Å²) in [6, 6.07) is 3.86. The van der Waals surface area contributed by atoms with Crippen LogP contribution in [0.4, 0.5) is 0 Å². The third kappa shape index (κ3) is 4.48. The molecule has 1 aliphatic heterocycles. The van der Waals surface area contributed by atoms with Gasteiger partial charge in [-0.05, 0) is 37.1 Å². The maximum atomic E-state index is 12.0. The second kappa shape index (κ2) is 9.37. The van der Waals surface area contributed by atoms with E-state index in [1.165, 1.54) is 7.11 Å². The minimum absolute atomic E-state index is 0.142. The highest BCUT2D eigenvalue weighted by Gasteiger charge is 2.27. The van der Waals surface area contributed by atoms with Crippen molar-refractivity contribution in [3.63, 3.8) is 0 Å². The molecule has 0 bridgehead atoms.